The number of hydrogen-bond acceptors (Lipinski definition) is 3. The van der Waals surface area contributed by atoms with Crippen molar-refractivity contribution in [3.8, 4) is 0 Å². The van der Waals surface area contributed by atoms with E-state index < -0.39 is 11.0 Å². The monoisotopic (exact) mass is 145 g/mol. The summed E-state index contributed by atoms with van der Waals surface area (Å²) in [6.45, 7) is -0.287. The van der Waals surface area contributed by atoms with E-state index in [1.54, 1.807) is 0 Å². The van der Waals surface area contributed by atoms with Gasteiger partial charge >= 0.3 is 0 Å². The zero-order valence-electron chi connectivity index (χ0n) is 5.69. The number of rotatable bonds is 3. The molecule has 58 valence electrons. The van der Waals surface area contributed by atoms with E-state index in [9.17, 15) is 10.1 Å². The highest BCUT2D eigenvalue weighted by atomic mass is 16.6. The first-order valence-corrected chi connectivity index (χ1v) is 3.50. The molecule has 0 amide bonds. The fraction of sp³-hybridized carbons (Fsp3) is 1.00. The van der Waals surface area contributed by atoms with Crippen LogP contribution in [0.1, 0.15) is 19.3 Å². The van der Waals surface area contributed by atoms with Crippen LogP contribution in [-0.2, 0) is 0 Å². The average molecular weight is 145 g/mol. The second-order valence-electron chi connectivity index (χ2n) is 2.77. The molecule has 0 aromatic carbocycles. The van der Waals surface area contributed by atoms with Crippen LogP contribution in [0.15, 0.2) is 0 Å². The first-order valence-electron chi connectivity index (χ1n) is 3.50. The summed E-state index contributed by atoms with van der Waals surface area (Å²) in [5, 5.41) is 19.0. The molecular weight excluding hydrogens is 134 g/mol. The molecule has 1 aliphatic rings. The van der Waals surface area contributed by atoms with Crippen LogP contribution >= 0.6 is 0 Å². The molecule has 0 aromatic rings. The lowest BCUT2D eigenvalue weighted by Crippen LogP contribution is -2.32. The summed E-state index contributed by atoms with van der Waals surface area (Å²) in [6.07, 6.45) is 2.31. The van der Waals surface area contributed by atoms with Crippen LogP contribution in [0.3, 0.4) is 0 Å². The van der Waals surface area contributed by atoms with Crippen molar-refractivity contribution < 1.29 is 10.0 Å². The SMILES string of the molecule is O=[N+]([O-])CC(O)C1CCC1. The summed E-state index contributed by atoms with van der Waals surface area (Å²) in [6, 6.07) is 0. The molecule has 1 atom stereocenters. The first-order chi connectivity index (χ1) is 4.70. The molecule has 0 aliphatic heterocycles. The van der Waals surface area contributed by atoms with Gasteiger partial charge in [0.1, 0.15) is 6.10 Å². The van der Waals surface area contributed by atoms with Gasteiger partial charge in [0.2, 0.25) is 6.54 Å². The van der Waals surface area contributed by atoms with Gasteiger partial charge in [0, 0.05) is 4.92 Å². The van der Waals surface area contributed by atoms with Crippen LogP contribution in [-0.4, -0.2) is 22.7 Å². The average Bonchev–Trinajstić information content (AvgIpc) is 1.55. The maximum Gasteiger partial charge on any atom is 0.229 e. The van der Waals surface area contributed by atoms with Crippen molar-refractivity contribution in [1.82, 2.24) is 0 Å². The number of nitrogens with zero attached hydrogens (tertiary/aromatic N) is 1. The number of aliphatic hydroxyl groups is 1. The number of nitro groups is 1. The fourth-order valence-corrected chi connectivity index (χ4v) is 1.13. The lowest BCUT2D eigenvalue weighted by Gasteiger charge is -2.27. The Morgan fingerprint density at radius 1 is 1.70 bits per heavy atom. The summed E-state index contributed by atoms with van der Waals surface area (Å²) in [5.41, 5.74) is 0. The molecular formula is C6H11NO3. The zero-order chi connectivity index (χ0) is 7.56. The van der Waals surface area contributed by atoms with Crippen molar-refractivity contribution >= 4 is 0 Å². The van der Waals surface area contributed by atoms with E-state index in [-0.39, 0.29) is 12.5 Å². The lowest BCUT2D eigenvalue weighted by atomic mass is 9.81. The molecule has 1 saturated carbocycles. The lowest BCUT2D eigenvalue weighted by molar-refractivity contribution is -0.493. The topological polar surface area (TPSA) is 63.4 Å². The van der Waals surface area contributed by atoms with Crippen LogP contribution in [0.25, 0.3) is 0 Å². The van der Waals surface area contributed by atoms with E-state index in [1.165, 1.54) is 0 Å². The molecule has 0 bridgehead atoms. The van der Waals surface area contributed by atoms with E-state index in [0.717, 1.165) is 19.3 Å². The van der Waals surface area contributed by atoms with Gasteiger partial charge in [0.05, 0.1) is 0 Å². The minimum Gasteiger partial charge on any atom is -0.386 e. The van der Waals surface area contributed by atoms with Crippen molar-refractivity contribution in [3.63, 3.8) is 0 Å². The maximum absolute atomic E-state index is 9.90. The van der Waals surface area contributed by atoms with Crippen LogP contribution in [0.4, 0.5) is 0 Å². The molecule has 0 heterocycles. The summed E-state index contributed by atoms with van der Waals surface area (Å²) < 4.78 is 0. The van der Waals surface area contributed by atoms with Gasteiger partial charge < -0.3 is 5.11 Å². The van der Waals surface area contributed by atoms with Crippen molar-refractivity contribution in [2.75, 3.05) is 6.54 Å². The van der Waals surface area contributed by atoms with Crippen molar-refractivity contribution in [2.24, 2.45) is 5.92 Å². The van der Waals surface area contributed by atoms with Gasteiger partial charge in [0.25, 0.3) is 0 Å². The Labute approximate surface area is 59.0 Å². The highest BCUT2D eigenvalue weighted by Gasteiger charge is 2.28. The predicted octanol–water partition coefficient (Wildman–Crippen LogP) is 0.424. The summed E-state index contributed by atoms with van der Waals surface area (Å²) >= 11 is 0. The van der Waals surface area contributed by atoms with Gasteiger partial charge in [-0.1, -0.05) is 6.42 Å². The van der Waals surface area contributed by atoms with E-state index in [4.69, 9.17) is 5.11 Å². The Morgan fingerprint density at radius 2 is 2.30 bits per heavy atom. The second-order valence-corrected chi connectivity index (χ2v) is 2.77. The van der Waals surface area contributed by atoms with E-state index in [2.05, 4.69) is 0 Å². The first kappa shape index (κ1) is 7.47. The molecule has 1 rings (SSSR count). The van der Waals surface area contributed by atoms with Crippen LogP contribution in [0, 0.1) is 16.0 Å². The molecule has 0 saturated heterocycles. The van der Waals surface area contributed by atoms with Crippen LogP contribution in [0.2, 0.25) is 0 Å². The minimum absolute atomic E-state index is 0.199. The fourth-order valence-electron chi connectivity index (χ4n) is 1.13. The molecule has 0 radical (unpaired) electrons. The highest BCUT2D eigenvalue weighted by molar-refractivity contribution is 4.76. The van der Waals surface area contributed by atoms with Gasteiger partial charge in [-0.3, -0.25) is 10.1 Å². The second kappa shape index (κ2) is 2.96. The van der Waals surface area contributed by atoms with Gasteiger partial charge in [-0.15, -0.1) is 0 Å². The van der Waals surface area contributed by atoms with E-state index in [0.29, 0.717) is 0 Å². The summed E-state index contributed by atoms with van der Waals surface area (Å²) in [4.78, 5) is 9.44. The maximum atomic E-state index is 9.90. The van der Waals surface area contributed by atoms with Crippen molar-refractivity contribution in [2.45, 2.75) is 25.4 Å². The van der Waals surface area contributed by atoms with Gasteiger partial charge in [-0.25, -0.2) is 0 Å². The quantitative estimate of drug-likeness (QED) is 0.462. The zero-order valence-corrected chi connectivity index (χ0v) is 5.69. The Balaban J connectivity index is 2.19. The summed E-state index contributed by atoms with van der Waals surface area (Å²) in [5.74, 6) is 0.199. The third-order valence-electron chi connectivity index (χ3n) is 2.03. The Hall–Kier alpha value is -0.640. The molecule has 1 unspecified atom stereocenters. The van der Waals surface area contributed by atoms with Crippen LogP contribution < -0.4 is 0 Å². The Morgan fingerprint density at radius 3 is 2.60 bits per heavy atom. The molecule has 0 aromatic heterocycles. The molecule has 1 aliphatic carbocycles. The van der Waals surface area contributed by atoms with Gasteiger partial charge in [0.15, 0.2) is 0 Å². The van der Waals surface area contributed by atoms with E-state index >= 15 is 0 Å². The summed E-state index contributed by atoms with van der Waals surface area (Å²) in [7, 11) is 0. The molecule has 4 heteroatoms. The van der Waals surface area contributed by atoms with Crippen LogP contribution in [0.5, 0.6) is 0 Å². The van der Waals surface area contributed by atoms with E-state index in [1.807, 2.05) is 0 Å². The number of hydrogen-bond donors (Lipinski definition) is 1. The Kier molecular flexibility index (Phi) is 2.21. The molecule has 1 fully saturated rings. The number of aliphatic hydroxyl groups excluding tert-OH is 1. The normalized spacial score (nSPS) is 21.7. The smallest absolute Gasteiger partial charge is 0.229 e. The Bertz CT molecular complexity index is 133. The molecule has 4 nitrogen and oxygen atoms in total. The third-order valence-corrected chi connectivity index (χ3v) is 2.03. The van der Waals surface area contributed by atoms with Crippen molar-refractivity contribution in [1.29, 1.82) is 0 Å². The minimum atomic E-state index is -0.705. The standard InChI is InChI=1S/C6H11NO3/c8-6(4-7(9)10)5-2-1-3-5/h5-6,8H,1-4H2. The van der Waals surface area contributed by atoms with Gasteiger partial charge in [-0.2, -0.15) is 0 Å². The molecule has 10 heavy (non-hydrogen) atoms. The highest BCUT2D eigenvalue weighted by Crippen LogP contribution is 2.29. The molecule has 1 N–H and O–H groups in total. The third kappa shape index (κ3) is 1.67. The van der Waals surface area contributed by atoms with Gasteiger partial charge in [-0.05, 0) is 18.8 Å². The van der Waals surface area contributed by atoms with Crippen molar-refractivity contribution in [3.05, 3.63) is 10.1 Å². The predicted molar refractivity (Wildman–Crippen MR) is 35.2 cm³/mol. The largest absolute Gasteiger partial charge is 0.386 e. The molecule has 0 spiro atoms.